The molecular formula is C13H10BrN3O. The second-order valence-corrected chi connectivity index (χ2v) is 4.94. The molecule has 0 spiro atoms. The van der Waals surface area contributed by atoms with Crippen molar-refractivity contribution in [3.05, 3.63) is 63.1 Å². The molecule has 0 aliphatic carbocycles. The molecule has 0 fully saturated rings. The number of fused-ring (bicyclic) bond motifs is 1. The molecule has 0 radical (unpaired) electrons. The highest BCUT2D eigenvalue weighted by Gasteiger charge is 2.08. The molecule has 3 aromatic rings. The lowest BCUT2D eigenvalue weighted by molar-refractivity contribution is 0.787. The number of benzene rings is 1. The fourth-order valence-electron chi connectivity index (χ4n) is 1.93. The molecule has 5 heteroatoms. The summed E-state index contributed by atoms with van der Waals surface area (Å²) in [5.41, 5.74) is 2.36. The molecule has 2 heterocycles. The van der Waals surface area contributed by atoms with Crippen LogP contribution in [-0.4, -0.2) is 14.5 Å². The van der Waals surface area contributed by atoms with Crippen molar-refractivity contribution in [3.8, 4) is 0 Å². The van der Waals surface area contributed by atoms with Gasteiger partial charge < -0.3 is 0 Å². The molecule has 4 nitrogen and oxygen atoms in total. The van der Waals surface area contributed by atoms with Gasteiger partial charge in [0.15, 0.2) is 5.65 Å². The Kier molecular flexibility index (Phi) is 2.76. The van der Waals surface area contributed by atoms with E-state index in [-0.39, 0.29) is 5.69 Å². The fourth-order valence-corrected chi connectivity index (χ4v) is 2.25. The molecule has 0 unspecified atom stereocenters. The van der Waals surface area contributed by atoms with Crippen molar-refractivity contribution in [2.45, 2.75) is 6.54 Å². The number of aromatic nitrogens is 3. The van der Waals surface area contributed by atoms with E-state index < -0.39 is 0 Å². The Bertz CT molecular complexity index is 746. The van der Waals surface area contributed by atoms with Gasteiger partial charge in [0.05, 0.1) is 12.1 Å². The zero-order valence-electron chi connectivity index (χ0n) is 9.43. The Labute approximate surface area is 111 Å². The predicted octanol–water partition coefficient (Wildman–Crippen LogP) is 2.54. The van der Waals surface area contributed by atoms with E-state index in [1.54, 1.807) is 10.8 Å². The second-order valence-electron chi connectivity index (χ2n) is 4.02. The van der Waals surface area contributed by atoms with Crippen LogP contribution in [0, 0.1) is 0 Å². The van der Waals surface area contributed by atoms with Gasteiger partial charge >= 0.3 is 5.69 Å². The molecule has 0 atom stereocenters. The molecular weight excluding hydrogens is 294 g/mol. The number of aromatic amines is 1. The van der Waals surface area contributed by atoms with Crippen molar-refractivity contribution in [1.82, 2.24) is 14.5 Å². The van der Waals surface area contributed by atoms with Gasteiger partial charge in [-0.2, -0.15) is 0 Å². The predicted molar refractivity (Wildman–Crippen MR) is 73.6 cm³/mol. The molecule has 0 aliphatic rings. The number of nitrogens with one attached hydrogen (secondary N) is 1. The van der Waals surface area contributed by atoms with Crippen molar-refractivity contribution in [3.63, 3.8) is 0 Å². The van der Waals surface area contributed by atoms with Crippen LogP contribution in [0.1, 0.15) is 5.56 Å². The quantitative estimate of drug-likeness (QED) is 0.791. The lowest BCUT2D eigenvalue weighted by atomic mass is 10.2. The molecule has 18 heavy (non-hydrogen) atoms. The number of rotatable bonds is 2. The Balaban J connectivity index is 2.14. The minimum Gasteiger partial charge on any atom is -0.290 e. The molecule has 0 bridgehead atoms. The van der Waals surface area contributed by atoms with Crippen molar-refractivity contribution >= 4 is 27.1 Å². The molecule has 1 N–H and O–H groups in total. The van der Waals surface area contributed by atoms with Crippen LogP contribution in [0.4, 0.5) is 0 Å². The summed E-state index contributed by atoms with van der Waals surface area (Å²) in [7, 11) is 0. The molecule has 2 aromatic heterocycles. The minimum atomic E-state index is -0.139. The topological polar surface area (TPSA) is 50.7 Å². The van der Waals surface area contributed by atoms with Crippen LogP contribution in [0.25, 0.3) is 11.2 Å². The summed E-state index contributed by atoms with van der Waals surface area (Å²) in [4.78, 5) is 18.8. The lowest BCUT2D eigenvalue weighted by Crippen LogP contribution is -2.17. The Morgan fingerprint density at radius 3 is 2.83 bits per heavy atom. The maximum Gasteiger partial charge on any atom is 0.327 e. The molecule has 0 saturated carbocycles. The average molecular weight is 304 g/mol. The molecule has 1 aromatic carbocycles. The SMILES string of the molecule is O=c1[nH]c2ncc(Br)cc2n1Cc1ccccc1. The first-order valence-electron chi connectivity index (χ1n) is 5.52. The van der Waals surface area contributed by atoms with Crippen molar-refractivity contribution in [2.24, 2.45) is 0 Å². The largest absolute Gasteiger partial charge is 0.327 e. The van der Waals surface area contributed by atoms with Gasteiger partial charge in [0.2, 0.25) is 0 Å². The average Bonchev–Trinajstić information content (AvgIpc) is 2.67. The van der Waals surface area contributed by atoms with Gasteiger partial charge in [-0.15, -0.1) is 0 Å². The number of nitrogens with zero attached hydrogens (tertiary/aromatic N) is 2. The van der Waals surface area contributed by atoms with Crippen LogP contribution < -0.4 is 5.69 Å². The van der Waals surface area contributed by atoms with Crippen LogP contribution in [0.3, 0.4) is 0 Å². The zero-order valence-corrected chi connectivity index (χ0v) is 11.0. The number of halogens is 1. The molecule has 0 amide bonds. The van der Waals surface area contributed by atoms with Crippen LogP contribution in [0.5, 0.6) is 0 Å². The number of hydrogen-bond acceptors (Lipinski definition) is 2. The summed E-state index contributed by atoms with van der Waals surface area (Å²) in [5.74, 6) is 0. The van der Waals surface area contributed by atoms with Crippen molar-refractivity contribution in [1.29, 1.82) is 0 Å². The van der Waals surface area contributed by atoms with E-state index in [9.17, 15) is 4.79 Å². The van der Waals surface area contributed by atoms with Gasteiger partial charge in [0.25, 0.3) is 0 Å². The summed E-state index contributed by atoms with van der Waals surface area (Å²) in [6, 6.07) is 11.8. The van der Waals surface area contributed by atoms with Crippen LogP contribution in [-0.2, 0) is 6.54 Å². The highest BCUT2D eigenvalue weighted by atomic mass is 79.9. The number of H-pyrrole nitrogens is 1. The van der Waals surface area contributed by atoms with E-state index in [2.05, 4.69) is 25.9 Å². The highest BCUT2D eigenvalue weighted by Crippen LogP contribution is 2.15. The number of pyridine rings is 1. The Morgan fingerprint density at radius 2 is 2.06 bits per heavy atom. The first-order chi connectivity index (χ1) is 8.74. The smallest absolute Gasteiger partial charge is 0.290 e. The number of hydrogen-bond donors (Lipinski definition) is 1. The molecule has 0 aliphatic heterocycles. The van der Waals surface area contributed by atoms with E-state index >= 15 is 0 Å². The van der Waals surface area contributed by atoms with Gasteiger partial charge in [0, 0.05) is 10.7 Å². The maximum absolute atomic E-state index is 11.9. The van der Waals surface area contributed by atoms with Gasteiger partial charge in [-0.05, 0) is 27.6 Å². The summed E-state index contributed by atoms with van der Waals surface area (Å²) in [6.07, 6.45) is 1.67. The van der Waals surface area contributed by atoms with Crippen LogP contribution >= 0.6 is 15.9 Å². The summed E-state index contributed by atoms with van der Waals surface area (Å²) in [5, 5.41) is 0. The number of imidazole rings is 1. The minimum absolute atomic E-state index is 0.139. The van der Waals surface area contributed by atoms with Crippen LogP contribution in [0.15, 0.2) is 51.9 Å². The van der Waals surface area contributed by atoms with Gasteiger partial charge in [0.1, 0.15) is 0 Å². The van der Waals surface area contributed by atoms with E-state index in [4.69, 9.17) is 0 Å². The third-order valence-corrected chi connectivity index (χ3v) is 3.21. The van der Waals surface area contributed by atoms with Crippen molar-refractivity contribution in [2.75, 3.05) is 0 Å². The van der Waals surface area contributed by atoms with E-state index in [1.807, 2.05) is 36.4 Å². The maximum atomic E-state index is 11.9. The third-order valence-electron chi connectivity index (χ3n) is 2.78. The standard InChI is InChI=1S/C13H10BrN3O/c14-10-6-11-12(15-7-10)16-13(18)17(11)8-9-4-2-1-3-5-9/h1-7H,8H2,(H,15,16,18). The van der Waals surface area contributed by atoms with E-state index in [1.165, 1.54) is 0 Å². The first-order valence-corrected chi connectivity index (χ1v) is 6.31. The molecule has 90 valence electrons. The highest BCUT2D eigenvalue weighted by molar-refractivity contribution is 9.10. The van der Waals surface area contributed by atoms with E-state index in [0.717, 1.165) is 15.6 Å². The van der Waals surface area contributed by atoms with Gasteiger partial charge in [-0.1, -0.05) is 30.3 Å². The third kappa shape index (κ3) is 1.97. The Morgan fingerprint density at radius 1 is 1.28 bits per heavy atom. The molecule has 0 saturated heterocycles. The Hall–Kier alpha value is -1.88. The molecule has 3 rings (SSSR count). The van der Waals surface area contributed by atoms with Gasteiger partial charge in [-0.25, -0.2) is 9.78 Å². The summed E-state index contributed by atoms with van der Waals surface area (Å²) >= 11 is 3.37. The van der Waals surface area contributed by atoms with Gasteiger partial charge in [-0.3, -0.25) is 9.55 Å². The zero-order chi connectivity index (χ0) is 12.5. The van der Waals surface area contributed by atoms with Crippen molar-refractivity contribution < 1.29 is 0 Å². The van der Waals surface area contributed by atoms with E-state index in [0.29, 0.717) is 12.2 Å². The fraction of sp³-hybridized carbons (Fsp3) is 0.0769. The summed E-state index contributed by atoms with van der Waals surface area (Å²) in [6.45, 7) is 0.539. The van der Waals surface area contributed by atoms with Crippen LogP contribution in [0.2, 0.25) is 0 Å². The lowest BCUT2D eigenvalue weighted by Gasteiger charge is -2.03. The normalized spacial score (nSPS) is 10.9. The summed E-state index contributed by atoms with van der Waals surface area (Å²) < 4.78 is 2.54. The monoisotopic (exact) mass is 303 g/mol. The second kappa shape index (κ2) is 4.42. The first kappa shape index (κ1) is 11.2.